The number of aliphatic imine (C=N–C) groups is 1. The second-order valence-corrected chi connectivity index (χ2v) is 6.63. The third-order valence-electron chi connectivity index (χ3n) is 4.33. The van der Waals surface area contributed by atoms with Crippen LogP contribution in [0.5, 0.6) is 11.5 Å². The summed E-state index contributed by atoms with van der Waals surface area (Å²) in [7, 11) is 1.66. The molecule has 0 amide bonds. The van der Waals surface area contributed by atoms with E-state index >= 15 is 0 Å². The van der Waals surface area contributed by atoms with Crippen LogP contribution in [0, 0.1) is 0 Å². The summed E-state index contributed by atoms with van der Waals surface area (Å²) < 4.78 is 22.1. The van der Waals surface area contributed by atoms with E-state index in [9.17, 15) is 0 Å². The smallest absolute Gasteiger partial charge is 0.191 e. The fraction of sp³-hybridized carbons (Fsp3) is 0.667. The number of hydrogen-bond acceptors (Lipinski definition) is 5. The first-order valence-electron chi connectivity index (χ1n) is 10.3. The Morgan fingerprint density at radius 2 is 1.93 bits per heavy atom. The van der Waals surface area contributed by atoms with E-state index < -0.39 is 0 Å². The number of ether oxygens (including phenoxy) is 4. The highest BCUT2D eigenvalue weighted by atomic mass is 127. The number of guanidine groups is 1. The molecule has 0 bridgehead atoms. The molecule has 0 spiro atoms. The van der Waals surface area contributed by atoms with Crippen LogP contribution in [0.25, 0.3) is 0 Å². The molecule has 0 aromatic heterocycles. The predicted molar refractivity (Wildman–Crippen MR) is 127 cm³/mol. The van der Waals surface area contributed by atoms with Crippen molar-refractivity contribution in [3.8, 4) is 11.5 Å². The summed E-state index contributed by atoms with van der Waals surface area (Å²) in [6.07, 6.45) is 4.37. The molecule has 1 aliphatic heterocycles. The first-order valence-corrected chi connectivity index (χ1v) is 10.3. The molecule has 29 heavy (non-hydrogen) atoms. The van der Waals surface area contributed by atoms with Crippen molar-refractivity contribution >= 4 is 29.9 Å². The van der Waals surface area contributed by atoms with E-state index in [1.807, 2.05) is 24.3 Å². The Kier molecular flexibility index (Phi) is 14.7. The molecule has 0 aliphatic carbocycles. The van der Waals surface area contributed by atoms with Gasteiger partial charge in [-0.25, -0.2) is 0 Å². The number of methoxy groups -OCH3 is 1. The third kappa shape index (κ3) is 11.5. The van der Waals surface area contributed by atoms with E-state index in [-0.39, 0.29) is 24.0 Å². The van der Waals surface area contributed by atoms with E-state index in [1.165, 1.54) is 0 Å². The first kappa shape index (κ1) is 25.8. The van der Waals surface area contributed by atoms with E-state index in [1.54, 1.807) is 7.11 Å². The van der Waals surface area contributed by atoms with Gasteiger partial charge in [-0.2, -0.15) is 0 Å². The van der Waals surface area contributed by atoms with Gasteiger partial charge in [0.1, 0.15) is 11.5 Å². The van der Waals surface area contributed by atoms with Crippen LogP contribution in [-0.4, -0.2) is 65.2 Å². The number of rotatable bonds is 13. The zero-order chi connectivity index (χ0) is 19.9. The summed E-state index contributed by atoms with van der Waals surface area (Å²) in [5.41, 5.74) is 0. The molecule has 0 saturated carbocycles. The normalized spacial score (nSPS) is 16.2. The molecule has 1 aliphatic rings. The van der Waals surface area contributed by atoms with Crippen LogP contribution in [0.15, 0.2) is 29.3 Å². The second kappa shape index (κ2) is 16.5. The van der Waals surface area contributed by atoms with Crippen LogP contribution in [-0.2, 0) is 9.47 Å². The largest absolute Gasteiger partial charge is 0.497 e. The molecule has 0 radical (unpaired) electrons. The Morgan fingerprint density at radius 3 is 2.62 bits per heavy atom. The van der Waals surface area contributed by atoms with E-state index in [2.05, 4.69) is 22.5 Å². The topological polar surface area (TPSA) is 73.3 Å². The van der Waals surface area contributed by atoms with Crippen LogP contribution in [0.4, 0.5) is 0 Å². The molecule has 1 unspecified atom stereocenters. The number of nitrogens with zero attached hydrogens (tertiary/aromatic N) is 1. The third-order valence-corrected chi connectivity index (χ3v) is 4.33. The first-order chi connectivity index (χ1) is 13.8. The van der Waals surface area contributed by atoms with Gasteiger partial charge in [0.15, 0.2) is 5.96 Å². The lowest BCUT2D eigenvalue weighted by molar-refractivity contribution is 0.0168. The van der Waals surface area contributed by atoms with Gasteiger partial charge >= 0.3 is 0 Å². The second-order valence-electron chi connectivity index (χ2n) is 6.63. The molecule has 1 saturated heterocycles. The van der Waals surface area contributed by atoms with Gasteiger partial charge in [0, 0.05) is 39.3 Å². The van der Waals surface area contributed by atoms with Crippen molar-refractivity contribution in [1.82, 2.24) is 10.6 Å². The maximum absolute atomic E-state index is 5.72. The molecular weight excluding hydrogens is 485 g/mol. The summed E-state index contributed by atoms with van der Waals surface area (Å²) in [4.78, 5) is 4.59. The zero-order valence-corrected chi connectivity index (χ0v) is 20.0. The van der Waals surface area contributed by atoms with Crippen LogP contribution in [0.3, 0.4) is 0 Å². The summed E-state index contributed by atoms with van der Waals surface area (Å²) in [6.45, 7) is 7.40. The fourth-order valence-electron chi connectivity index (χ4n) is 2.83. The Hall–Kier alpha value is -1.26. The molecule has 2 N–H and O–H groups in total. The molecule has 1 fully saturated rings. The molecule has 166 valence electrons. The lowest BCUT2D eigenvalue weighted by Gasteiger charge is -2.13. The minimum atomic E-state index is 0. The van der Waals surface area contributed by atoms with Crippen LogP contribution >= 0.6 is 24.0 Å². The van der Waals surface area contributed by atoms with E-state index in [0.717, 1.165) is 69.4 Å². The molecule has 8 heteroatoms. The predicted octanol–water partition coefficient (Wildman–Crippen LogP) is 3.22. The van der Waals surface area contributed by atoms with Gasteiger partial charge in [-0.05, 0) is 50.5 Å². The highest BCUT2D eigenvalue weighted by molar-refractivity contribution is 14.0. The summed E-state index contributed by atoms with van der Waals surface area (Å²) in [5, 5.41) is 6.61. The highest BCUT2D eigenvalue weighted by Crippen LogP contribution is 2.17. The quantitative estimate of drug-likeness (QED) is 0.180. The summed E-state index contributed by atoms with van der Waals surface area (Å²) >= 11 is 0. The highest BCUT2D eigenvalue weighted by Gasteiger charge is 2.14. The van der Waals surface area contributed by atoms with Crippen LogP contribution in [0.2, 0.25) is 0 Å². The van der Waals surface area contributed by atoms with Crippen molar-refractivity contribution in [2.45, 2.75) is 38.7 Å². The van der Waals surface area contributed by atoms with Crippen LogP contribution < -0.4 is 20.1 Å². The maximum Gasteiger partial charge on any atom is 0.191 e. The van der Waals surface area contributed by atoms with Gasteiger partial charge in [0.05, 0.1) is 26.4 Å². The number of nitrogens with one attached hydrogen (secondary N) is 2. The Labute approximate surface area is 191 Å². The van der Waals surface area contributed by atoms with E-state index in [4.69, 9.17) is 18.9 Å². The van der Waals surface area contributed by atoms with Crippen LogP contribution in [0.1, 0.15) is 32.6 Å². The monoisotopic (exact) mass is 521 g/mol. The minimum absolute atomic E-state index is 0. The Balaban J connectivity index is 0.00000420. The Bertz CT molecular complexity index is 551. The SMILES string of the molecule is CCNC(=NCCCOc1ccc(OC)cc1)NCCCOCC1CCCO1.I. The molecule has 1 aromatic rings. The lowest BCUT2D eigenvalue weighted by atomic mass is 10.2. The average molecular weight is 521 g/mol. The summed E-state index contributed by atoms with van der Waals surface area (Å²) in [5.74, 6) is 2.51. The number of halogens is 1. The maximum atomic E-state index is 5.72. The molecule has 1 heterocycles. The zero-order valence-electron chi connectivity index (χ0n) is 17.7. The number of benzene rings is 1. The standard InChI is InChI=1S/C21H35N3O4.HI/c1-3-22-21(23-12-5-14-26-17-20-7-4-15-28-20)24-13-6-16-27-19-10-8-18(25-2)9-11-19;/h8-11,20H,3-7,12-17H2,1-2H3,(H2,22,23,24);1H. The van der Waals surface area contributed by atoms with Crippen molar-refractivity contribution in [3.05, 3.63) is 24.3 Å². The molecule has 7 nitrogen and oxygen atoms in total. The van der Waals surface area contributed by atoms with Gasteiger partial charge in [-0.1, -0.05) is 0 Å². The van der Waals surface area contributed by atoms with Crippen molar-refractivity contribution in [2.24, 2.45) is 4.99 Å². The molecule has 2 rings (SSSR count). The Morgan fingerprint density at radius 1 is 1.14 bits per heavy atom. The fourth-order valence-corrected chi connectivity index (χ4v) is 2.83. The van der Waals surface area contributed by atoms with Gasteiger partial charge < -0.3 is 29.6 Å². The van der Waals surface area contributed by atoms with Gasteiger partial charge in [-0.3, -0.25) is 4.99 Å². The summed E-state index contributed by atoms with van der Waals surface area (Å²) in [6, 6.07) is 7.61. The average Bonchev–Trinajstić information content (AvgIpc) is 3.24. The number of hydrogen-bond donors (Lipinski definition) is 2. The van der Waals surface area contributed by atoms with Gasteiger partial charge in [-0.15, -0.1) is 24.0 Å². The van der Waals surface area contributed by atoms with Gasteiger partial charge in [0.2, 0.25) is 0 Å². The van der Waals surface area contributed by atoms with Crippen molar-refractivity contribution < 1.29 is 18.9 Å². The van der Waals surface area contributed by atoms with Crippen molar-refractivity contribution in [1.29, 1.82) is 0 Å². The van der Waals surface area contributed by atoms with E-state index in [0.29, 0.717) is 25.9 Å². The van der Waals surface area contributed by atoms with Gasteiger partial charge in [0.25, 0.3) is 0 Å². The van der Waals surface area contributed by atoms with Crippen molar-refractivity contribution in [2.75, 3.05) is 53.2 Å². The molecule has 1 atom stereocenters. The molecule has 1 aromatic carbocycles. The lowest BCUT2D eigenvalue weighted by Crippen LogP contribution is -2.38. The minimum Gasteiger partial charge on any atom is -0.497 e. The van der Waals surface area contributed by atoms with Crippen molar-refractivity contribution in [3.63, 3.8) is 0 Å². The molecular formula is C21H36IN3O4.